The Hall–Kier alpha value is -2.15. The van der Waals surface area contributed by atoms with Gasteiger partial charge in [0.1, 0.15) is 11.4 Å². The Kier molecular flexibility index (Phi) is 3.96. The molecule has 1 saturated heterocycles. The number of hydrogen-bond acceptors (Lipinski definition) is 5. The molecule has 0 radical (unpaired) electrons. The second kappa shape index (κ2) is 5.66. The van der Waals surface area contributed by atoms with E-state index in [2.05, 4.69) is 10.6 Å². The van der Waals surface area contributed by atoms with Crippen molar-refractivity contribution in [2.24, 2.45) is 5.92 Å². The minimum Gasteiger partial charge on any atom is -0.496 e. The molecule has 102 valence electrons. The maximum absolute atomic E-state index is 11.8. The summed E-state index contributed by atoms with van der Waals surface area (Å²) in [6.45, 7) is 1.64. The van der Waals surface area contributed by atoms with E-state index in [9.17, 15) is 14.9 Å². The van der Waals surface area contributed by atoms with Gasteiger partial charge in [0.15, 0.2) is 0 Å². The van der Waals surface area contributed by atoms with Crippen LogP contribution < -0.4 is 15.4 Å². The summed E-state index contributed by atoms with van der Waals surface area (Å²) in [6.07, 6.45) is 0.371. The highest BCUT2D eigenvalue weighted by Gasteiger charge is 2.22. The molecule has 1 aliphatic heterocycles. The molecular formula is C12H15N3O4. The highest BCUT2D eigenvalue weighted by atomic mass is 16.6. The number of carbonyl (C=O) groups is 1. The van der Waals surface area contributed by atoms with E-state index in [4.69, 9.17) is 4.74 Å². The molecule has 0 unspecified atom stereocenters. The summed E-state index contributed by atoms with van der Waals surface area (Å²) in [5.74, 6) is 0.491. The highest BCUT2D eigenvalue weighted by Crippen LogP contribution is 2.29. The molecule has 1 amide bonds. The van der Waals surface area contributed by atoms with E-state index in [0.717, 1.165) is 13.1 Å². The van der Waals surface area contributed by atoms with Crippen molar-refractivity contribution in [3.63, 3.8) is 0 Å². The first-order chi connectivity index (χ1) is 9.10. The van der Waals surface area contributed by atoms with Crippen molar-refractivity contribution < 1.29 is 14.5 Å². The molecule has 1 aliphatic rings. The van der Waals surface area contributed by atoms with Crippen molar-refractivity contribution in [1.29, 1.82) is 0 Å². The van der Waals surface area contributed by atoms with Crippen LogP contribution in [0.4, 0.5) is 11.4 Å². The van der Waals surface area contributed by atoms with E-state index in [1.807, 2.05) is 0 Å². The van der Waals surface area contributed by atoms with E-state index < -0.39 is 4.92 Å². The molecule has 0 spiro atoms. The van der Waals surface area contributed by atoms with Crippen LogP contribution in [-0.2, 0) is 4.79 Å². The van der Waals surface area contributed by atoms with E-state index >= 15 is 0 Å². The summed E-state index contributed by atoms with van der Waals surface area (Å²) in [5.41, 5.74) is 0.0301. The van der Waals surface area contributed by atoms with Crippen molar-refractivity contribution in [1.82, 2.24) is 5.32 Å². The quantitative estimate of drug-likeness (QED) is 0.615. The largest absolute Gasteiger partial charge is 0.496 e. The molecule has 1 heterocycles. The van der Waals surface area contributed by atoms with E-state index in [1.165, 1.54) is 19.2 Å². The molecule has 0 aromatic heterocycles. The smallest absolute Gasteiger partial charge is 0.296 e. The molecule has 0 aliphatic carbocycles. The van der Waals surface area contributed by atoms with Crippen LogP contribution in [0.2, 0.25) is 0 Å². The number of benzene rings is 1. The first kappa shape index (κ1) is 13.3. The van der Waals surface area contributed by atoms with Crippen LogP contribution in [0.5, 0.6) is 5.75 Å². The number of amides is 1. The van der Waals surface area contributed by atoms with Crippen LogP contribution in [0.3, 0.4) is 0 Å². The minimum atomic E-state index is -0.539. The van der Waals surface area contributed by atoms with Gasteiger partial charge in [0, 0.05) is 6.42 Å². The van der Waals surface area contributed by atoms with Crippen LogP contribution in [-0.4, -0.2) is 31.0 Å². The molecule has 2 rings (SSSR count). The standard InChI is InChI=1S/C12H15N3O4/c1-19-9-2-3-10(11(5-9)15(17)18)14-12(16)4-8-6-13-7-8/h2-3,5,8,13H,4,6-7H2,1H3,(H,14,16). The number of methoxy groups -OCH3 is 1. The third-order valence-electron chi connectivity index (χ3n) is 3.02. The molecule has 0 bridgehead atoms. The van der Waals surface area contributed by atoms with Gasteiger partial charge in [-0.05, 0) is 31.1 Å². The summed E-state index contributed by atoms with van der Waals surface area (Å²) in [6, 6.07) is 4.35. The van der Waals surface area contributed by atoms with Crippen molar-refractivity contribution in [2.75, 3.05) is 25.5 Å². The summed E-state index contributed by atoms with van der Waals surface area (Å²) < 4.78 is 4.93. The maximum Gasteiger partial charge on any atom is 0.296 e. The monoisotopic (exact) mass is 265 g/mol. The Balaban J connectivity index is 2.09. The predicted octanol–water partition coefficient (Wildman–Crippen LogP) is 1.15. The van der Waals surface area contributed by atoms with Crippen molar-refractivity contribution in [3.05, 3.63) is 28.3 Å². The van der Waals surface area contributed by atoms with Gasteiger partial charge in [0.25, 0.3) is 5.69 Å². The van der Waals surface area contributed by atoms with Crippen molar-refractivity contribution >= 4 is 17.3 Å². The molecule has 7 nitrogen and oxygen atoms in total. The Morgan fingerprint density at radius 3 is 2.84 bits per heavy atom. The zero-order valence-electron chi connectivity index (χ0n) is 10.5. The third kappa shape index (κ3) is 3.19. The Morgan fingerprint density at radius 1 is 1.58 bits per heavy atom. The van der Waals surface area contributed by atoms with Gasteiger partial charge >= 0.3 is 0 Å². The number of ether oxygens (including phenoxy) is 1. The number of nitro groups is 1. The van der Waals surface area contributed by atoms with Gasteiger partial charge in [0.2, 0.25) is 5.91 Å². The zero-order valence-corrected chi connectivity index (χ0v) is 10.5. The Bertz CT molecular complexity index is 500. The van der Waals surface area contributed by atoms with Gasteiger partial charge in [-0.25, -0.2) is 0 Å². The number of rotatable bonds is 5. The molecule has 2 N–H and O–H groups in total. The summed E-state index contributed by atoms with van der Waals surface area (Å²) in [5, 5.41) is 16.6. The topological polar surface area (TPSA) is 93.5 Å². The third-order valence-corrected chi connectivity index (χ3v) is 3.02. The second-order valence-corrected chi connectivity index (χ2v) is 4.42. The zero-order chi connectivity index (χ0) is 13.8. The minimum absolute atomic E-state index is 0.167. The van der Waals surface area contributed by atoms with Crippen LogP contribution in [0, 0.1) is 16.0 Å². The normalized spacial score (nSPS) is 14.6. The van der Waals surface area contributed by atoms with Gasteiger partial charge in [-0.3, -0.25) is 14.9 Å². The van der Waals surface area contributed by atoms with Gasteiger partial charge in [-0.2, -0.15) is 0 Å². The summed E-state index contributed by atoms with van der Waals surface area (Å²) >= 11 is 0. The van der Waals surface area contributed by atoms with Crippen LogP contribution in [0.25, 0.3) is 0 Å². The van der Waals surface area contributed by atoms with E-state index in [0.29, 0.717) is 18.1 Å². The lowest BCUT2D eigenvalue weighted by atomic mass is 9.99. The molecule has 0 atom stereocenters. The number of nitrogens with one attached hydrogen (secondary N) is 2. The van der Waals surface area contributed by atoms with Crippen molar-refractivity contribution in [3.8, 4) is 5.75 Å². The Labute approximate surface area is 110 Å². The molecular weight excluding hydrogens is 250 g/mol. The van der Waals surface area contributed by atoms with Crippen LogP contribution >= 0.6 is 0 Å². The number of nitro benzene ring substituents is 1. The summed E-state index contributed by atoms with van der Waals surface area (Å²) in [7, 11) is 1.43. The molecule has 19 heavy (non-hydrogen) atoms. The number of anilines is 1. The average molecular weight is 265 g/mol. The molecule has 7 heteroatoms. The predicted molar refractivity (Wildman–Crippen MR) is 69.3 cm³/mol. The number of carbonyl (C=O) groups excluding carboxylic acids is 1. The van der Waals surface area contributed by atoms with Gasteiger partial charge in [-0.15, -0.1) is 0 Å². The lowest BCUT2D eigenvalue weighted by Gasteiger charge is -2.26. The van der Waals surface area contributed by atoms with Crippen LogP contribution in [0.15, 0.2) is 18.2 Å². The van der Waals surface area contributed by atoms with Gasteiger partial charge < -0.3 is 15.4 Å². The molecule has 1 aromatic carbocycles. The highest BCUT2D eigenvalue weighted by molar-refractivity contribution is 5.93. The Morgan fingerprint density at radius 2 is 2.32 bits per heavy atom. The first-order valence-corrected chi connectivity index (χ1v) is 5.93. The second-order valence-electron chi connectivity index (χ2n) is 4.42. The summed E-state index contributed by atoms with van der Waals surface area (Å²) in [4.78, 5) is 22.2. The fourth-order valence-corrected chi connectivity index (χ4v) is 1.85. The SMILES string of the molecule is COc1ccc(NC(=O)CC2CNC2)c([N+](=O)[O-])c1. The number of hydrogen-bond donors (Lipinski definition) is 2. The van der Waals surface area contributed by atoms with E-state index in [1.54, 1.807) is 6.07 Å². The van der Waals surface area contributed by atoms with Gasteiger partial charge in [-0.1, -0.05) is 0 Å². The van der Waals surface area contributed by atoms with Gasteiger partial charge in [0.05, 0.1) is 18.1 Å². The van der Waals surface area contributed by atoms with E-state index in [-0.39, 0.29) is 17.3 Å². The fourth-order valence-electron chi connectivity index (χ4n) is 1.85. The average Bonchev–Trinajstić information content (AvgIpc) is 2.34. The number of nitrogens with zero attached hydrogens (tertiary/aromatic N) is 1. The molecule has 1 aromatic rings. The van der Waals surface area contributed by atoms with Crippen LogP contribution in [0.1, 0.15) is 6.42 Å². The molecule has 1 fully saturated rings. The first-order valence-electron chi connectivity index (χ1n) is 5.93. The maximum atomic E-state index is 11.8. The van der Waals surface area contributed by atoms with Crippen molar-refractivity contribution in [2.45, 2.75) is 6.42 Å². The lowest BCUT2D eigenvalue weighted by Crippen LogP contribution is -2.43. The lowest BCUT2D eigenvalue weighted by molar-refractivity contribution is -0.384. The molecule has 0 saturated carbocycles. The fraction of sp³-hybridized carbons (Fsp3) is 0.417.